The zero-order valence-corrected chi connectivity index (χ0v) is 14.8. The number of aromatic hydroxyl groups is 1. The van der Waals surface area contributed by atoms with E-state index in [4.69, 9.17) is 27.9 Å². The highest BCUT2D eigenvalue weighted by atomic mass is 35.5. The van der Waals surface area contributed by atoms with E-state index in [1.54, 1.807) is 13.2 Å². The van der Waals surface area contributed by atoms with Gasteiger partial charge in [0.1, 0.15) is 0 Å². The molecule has 0 heterocycles. The van der Waals surface area contributed by atoms with Crippen LogP contribution in [0.4, 0.5) is 0 Å². The van der Waals surface area contributed by atoms with Gasteiger partial charge in [0.05, 0.1) is 7.11 Å². The summed E-state index contributed by atoms with van der Waals surface area (Å²) in [5, 5.41) is 14.4. The minimum Gasteiger partial charge on any atom is -0.504 e. The number of hydrogen-bond acceptors (Lipinski definition) is 3. The van der Waals surface area contributed by atoms with Gasteiger partial charge in [0.15, 0.2) is 11.5 Å². The number of phenols is 1. The number of hydrogen-bond donors (Lipinski definition) is 2. The first-order valence-corrected chi connectivity index (χ1v) is 8.29. The summed E-state index contributed by atoms with van der Waals surface area (Å²) in [5.74, 6) is 0.668. The van der Waals surface area contributed by atoms with Crippen molar-refractivity contribution in [3.63, 3.8) is 0 Å². The minimum atomic E-state index is 0.163. The van der Waals surface area contributed by atoms with Crippen molar-refractivity contribution in [1.29, 1.82) is 0 Å². The van der Waals surface area contributed by atoms with Gasteiger partial charge in [0.25, 0.3) is 0 Å². The molecule has 0 aliphatic carbocycles. The van der Waals surface area contributed by atoms with Crippen molar-refractivity contribution in [3.8, 4) is 11.5 Å². The standard InChI is InChI=1S/C18H21Cl2NO2/c1-12(21-11-14-15(19)4-3-5-16(14)20)6-7-13-8-9-17(22)18(10-13)23-2/h3-5,8-10,12,21-22H,6-7,11H2,1-2H3. The van der Waals surface area contributed by atoms with E-state index in [1.165, 1.54) is 0 Å². The third kappa shape index (κ3) is 5.03. The van der Waals surface area contributed by atoms with Gasteiger partial charge in [0, 0.05) is 28.2 Å². The van der Waals surface area contributed by atoms with Crippen molar-refractivity contribution < 1.29 is 9.84 Å². The SMILES string of the molecule is COc1cc(CCC(C)NCc2c(Cl)cccc2Cl)ccc1O. The fraction of sp³-hybridized carbons (Fsp3) is 0.333. The number of phenolic OH excluding ortho intramolecular Hbond substituents is 1. The molecule has 23 heavy (non-hydrogen) atoms. The molecule has 124 valence electrons. The highest BCUT2D eigenvalue weighted by Crippen LogP contribution is 2.27. The second kappa shape index (κ2) is 8.44. The molecule has 2 aromatic carbocycles. The summed E-state index contributed by atoms with van der Waals surface area (Å²) in [6, 6.07) is 11.3. The van der Waals surface area contributed by atoms with E-state index in [-0.39, 0.29) is 5.75 Å². The summed E-state index contributed by atoms with van der Waals surface area (Å²) in [5.41, 5.74) is 2.05. The maximum absolute atomic E-state index is 9.61. The van der Waals surface area contributed by atoms with E-state index >= 15 is 0 Å². The Morgan fingerprint density at radius 1 is 1.17 bits per heavy atom. The number of halogens is 2. The summed E-state index contributed by atoms with van der Waals surface area (Å²) in [4.78, 5) is 0. The van der Waals surface area contributed by atoms with Gasteiger partial charge in [-0.05, 0) is 49.6 Å². The van der Waals surface area contributed by atoms with Crippen molar-refractivity contribution in [2.45, 2.75) is 32.4 Å². The molecule has 2 aromatic rings. The fourth-order valence-electron chi connectivity index (χ4n) is 2.34. The van der Waals surface area contributed by atoms with E-state index in [1.807, 2.05) is 30.3 Å². The Labute approximate surface area is 147 Å². The van der Waals surface area contributed by atoms with E-state index in [0.29, 0.717) is 28.4 Å². The van der Waals surface area contributed by atoms with E-state index in [0.717, 1.165) is 24.0 Å². The Balaban J connectivity index is 1.87. The molecule has 0 spiro atoms. The van der Waals surface area contributed by atoms with Gasteiger partial charge >= 0.3 is 0 Å². The highest BCUT2D eigenvalue weighted by molar-refractivity contribution is 6.35. The van der Waals surface area contributed by atoms with Crippen LogP contribution in [0.3, 0.4) is 0 Å². The third-order valence-corrected chi connectivity index (χ3v) is 4.51. The van der Waals surface area contributed by atoms with Crippen molar-refractivity contribution in [2.75, 3.05) is 7.11 Å². The van der Waals surface area contributed by atoms with Crippen LogP contribution in [0.1, 0.15) is 24.5 Å². The summed E-state index contributed by atoms with van der Waals surface area (Å²) in [6.07, 6.45) is 1.84. The molecule has 2 rings (SSSR count). The molecule has 0 aliphatic heterocycles. The lowest BCUT2D eigenvalue weighted by Gasteiger charge is -2.15. The molecule has 0 radical (unpaired) electrons. The number of nitrogens with one attached hydrogen (secondary N) is 1. The van der Waals surface area contributed by atoms with Crippen LogP contribution in [0, 0.1) is 0 Å². The Hall–Kier alpha value is -1.42. The maximum Gasteiger partial charge on any atom is 0.160 e. The van der Waals surface area contributed by atoms with Crippen LogP contribution in [-0.2, 0) is 13.0 Å². The van der Waals surface area contributed by atoms with E-state index in [9.17, 15) is 5.11 Å². The zero-order chi connectivity index (χ0) is 16.8. The molecule has 1 unspecified atom stereocenters. The number of aryl methyl sites for hydroxylation is 1. The fourth-order valence-corrected chi connectivity index (χ4v) is 2.87. The van der Waals surface area contributed by atoms with Crippen molar-refractivity contribution in [2.24, 2.45) is 0 Å². The van der Waals surface area contributed by atoms with Crippen molar-refractivity contribution in [1.82, 2.24) is 5.32 Å². The topological polar surface area (TPSA) is 41.5 Å². The third-order valence-electron chi connectivity index (χ3n) is 3.80. The first-order chi connectivity index (χ1) is 11.0. The van der Waals surface area contributed by atoms with Crippen LogP contribution >= 0.6 is 23.2 Å². The lowest BCUT2D eigenvalue weighted by atomic mass is 10.1. The summed E-state index contributed by atoms with van der Waals surface area (Å²) >= 11 is 12.3. The number of methoxy groups -OCH3 is 1. The molecule has 0 aromatic heterocycles. The van der Waals surface area contributed by atoms with E-state index < -0.39 is 0 Å². The number of benzene rings is 2. The molecule has 5 heteroatoms. The molecule has 0 fully saturated rings. The van der Waals surface area contributed by atoms with Crippen LogP contribution in [0.15, 0.2) is 36.4 Å². The average molecular weight is 354 g/mol. The molecular formula is C18H21Cl2NO2. The Kier molecular flexibility index (Phi) is 6.58. The van der Waals surface area contributed by atoms with Gasteiger partial charge in [-0.2, -0.15) is 0 Å². The first kappa shape index (κ1) is 17.9. The van der Waals surface area contributed by atoms with Gasteiger partial charge in [-0.25, -0.2) is 0 Å². The van der Waals surface area contributed by atoms with Crippen LogP contribution in [0.2, 0.25) is 10.0 Å². The van der Waals surface area contributed by atoms with E-state index in [2.05, 4.69) is 12.2 Å². The van der Waals surface area contributed by atoms with Crippen LogP contribution in [0.25, 0.3) is 0 Å². The number of ether oxygens (including phenoxy) is 1. The molecule has 1 atom stereocenters. The summed E-state index contributed by atoms with van der Waals surface area (Å²) in [6.45, 7) is 2.76. The van der Waals surface area contributed by atoms with Gasteiger partial charge in [-0.1, -0.05) is 35.3 Å². The Morgan fingerprint density at radius 2 is 1.87 bits per heavy atom. The second-order valence-electron chi connectivity index (χ2n) is 5.53. The molecule has 0 aliphatic rings. The highest BCUT2D eigenvalue weighted by Gasteiger charge is 2.09. The molecule has 0 bridgehead atoms. The quantitative estimate of drug-likeness (QED) is 0.749. The smallest absolute Gasteiger partial charge is 0.160 e. The molecule has 3 nitrogen and oxygen atoms in total. The second-order valence-corrected chi connectivity index (χ2v) is 6.34. The minimum absolute atomic E-state index is 0.163. The van der Waals surface area contributed by atoms with Crippen LogP contribution in [-0.4, -0.2) is 18.3 Å². The lowest BCUT2D eigenvalue weighted by Crippen LogP contribution is -2.26. The van der Waals surface area contributed by atoms with Gasteiger partial charge in [-0.3, -0.25) is 0 Å². The largest absolute Gasteiger partial charge is 0.504 e. The monoisotopic (exact) mass is 353 g/mol. The molecular weight excluding hydrogens is 333 g/mol. The summed E-state index contributed by atoms with van der Waals surface area (Å²) < 4.78 is 5.13. The molecule has 0 saturated carbocycles. The Morgan fingerprint density at radius 3 is 2.52 bits per heavy atom. The summed E-state index contributed by atoms with van der Waals surface area (Å²) in [7, 11) is 1.55. The molecule has 0 saturated heterocycles. The van der Waals surface area contributed by atoms with Gasteiger partial charge < -0.3 is 15.2 Å². The van der Waals surface area contributed by atoms with Crippen molar-refractivity contribution in [3.05, 3.63) is 57.6 Å². The first-order valence-electron chi connectivity index (χ1n) is 7.53. The Bertz CT molecular complexity index is 641. The number of rotatable bonds is 7. The normalized spacial score (nSPS) is 12.2. The van der Waals surface area contributed by atoms with Crippen LogP contribution < -0.4 is 10.1 Å². The van der Waals surface area contributed by atoms with Crippen LogP contribution in [0.5, 0.6) is 11.5 Å². The maximum atomic E-state index is 9.61. The predicted molar refractivity (Wildman–Crippen MR) is 95.7 cm³/mol. The average Bonchev–Trinajstić information content (AvgIpc) is 2.53. The molecule has 0 amide bonds. The van der Waals surface area contributed by atoms with Gasteiger partial charge in [0.2, 0.25) is 0 Å². The van der Waals surface area contributed by atoms with Crippen molar-refractivity contribution >= 4 is 23.2 Å². The van der Waals surface area contributed by atoms with Gasteiger partial charge in [-0.15, -0.1) is 0 Å². The predicted octanol–water partition coefficient (Wildman–Crippen LogP) is 4.82. The molecule has 2 N–H and O–H groups in total. The zero-order valence-electron chi connectivity index (χ0n) is 13.3. The lowest BCUT2D eigenvalue weighted by molar-refractivity contribution is 0.372.